The van der Waals surface area contributed by atoms with E-state index in [1.165, 1.54) is 4.68 Å². The number of nitrogens with two attached hydrogens (primary N) is 1. The number of anilines is 2. The van der Waals surface area contributed by atoms with Gasteiger partial charge >= 0.3 is 0 Å². The Bertz CT molecular complexity index is 1210. The molecule has 0 amide bonds. The van der Waals surface area contributed by atoms with Crippen molar-refractivity contribution >= 4 is 22.4 Å². The zero-order valence-electron chi connectivity index (χ0n) is 17.9. The molecule has 0 saturated heterocycles. The summed E-state index contributed by atoms with van der Waals surface area (Å²) in [6.07, 6.45) is 4.80. The summed E-state index contributed by atoms with van der Waals surface area (Å²) in [6.45, 7) is 5.18. The second-order valence-corrected chi connectivity index (χ2v) is 7.74. The minimum absolute atomic E-state index is 0.000377. The van der Waals surface area contributed by atoms with Gasteiger partial charge in [-0.25, -0.2) is 4.68 Å². The van der Waals surface area contributed by atoms with Crippen molar-refractivity contribution in [3.8, 4) is 11.8 Å². The van der Waals surface area contributed by atoms with Crippen molar-refractivity contribution in [2.24, 2.45) is 5.73 Å². The molecule has 3 heterocycles. The highest BCUT2D eigenvalue weighted by atomic mass is 16.1. The van der Waals surface area contributed by atoms with Crippen LogP contribution in [0.4, 0.5) is 11.4 Å². The largest absolute Gasteiger partial charge is 0.350 e. The molecule has 1 aliphatic heterocycles. The van der Waals surface area contributed by atoms with Crippen LogP contribution >= 0.6 is 0 Å². The maximum Gasteiger partial charge on any atom is 0.292 e. The molecule has 2 unspecified atom stereocenters. The average Bonchev–Trinajstić information content (AvgIpc) is 3.13. The Kier molecular flexibility index (Phi) is 5.84. The molecular formula is C22H26N8O. The van der Waals surface area contributed by atoms with Gasteiger partial charge in [0, 0.05) is 25.0 Å². The van der Waals surface area contributed by atoms with Gasteiger partial charge in [0.05, 0.1) is 36.0 Å². The number of hydrogen-bond donors (Lipinski definition) is 2. The normalized spacial score (nSPS) is 16.0. The molecule has 0 fully saturated rings. The smallest absolute Gasteiger partial charge is 0.292 e. The second kappa shape index (κ2) is 8.71. The number of rotatable bonds is 6. The van der Waals surface area contributed by atoms with E-state index in [0.29, 0.717) is 31.0 Å². The number of nitrogens with zero attached hydrogens (tertiary/aromatic N) is 6. The van der Waals surface area contributed by atoms with E-state index in [9.17, 15) is 4.79 Å². The quantitative estimate of drug-likeness (QED) is 0.573. The van der Waals surface area contributed by atoms with E-state index in [1.807, 2.05) is 37.1 Å². The Morgan fingerprint density at radius 1 is 1.29 bits per heavy atom. The third kappa shape index (κ3) is 4.21. The maximum atomic E-state index is 13.4. The van der Waals surface area contributed by atoms with Gasteiger partial charge in [0.25, 0.3) is 5.56 Å². The standard InChI is InChI=1S/C22H26N8O/c1-4-5-10-29-20-19(27-22(29)28(3)13-15(2)23)12-26-30(21(20)31)14-16-6-7-17-18(11-16)25-9-8-24-17/h6-9,11-12,15,22,27H,10,13-14,23H2,1-3H3. The van der Waals surface area contributed by atoms with E-state index in [4.69, 9.17) is 5.73 Å². The zero-order chi connectivity index (χ0) is 22.0. The molecule has 3 N–H and O–H groups in total. The van der Waals surface area contributed by atoms with Crippen LogP contribution in [0.5, 0.6) is 0 Å². The number of aromatic nitrogens is 4. The van der Waals surface area contributed by atoms with E-state index in [0.717, 1.165) is 16.6 Å². The topological polar surface area (TPSA) is 105 Å². The number of fused-ring (bicyclic) bond motifs is 2. The Balaban J connectivity index is 1.67. The Morgan fingerprint density at radius 2 is 2.06 bits per heavy atom. The fraction of sp³-hybridized carbons (Fsp3) is 0.364. The monoisotopic (exact) mass is 418 g/mol. The van der Waals surface area contributed by atoms with Gasteiger partial charge in [0.15, 0.2) is 6.29 Å². The summed E-state index contributed by atoms with van der Waals surface area (Å²) in [6, 6.07) is 5.78. The molecule has 2 atom stereocenters. The molecule has 9 heteroatoms. The van der Waals surface area contributed by atoms with Crippen LogP contribution in [0.1, 0.15) is 19.4 Å². The van der Waals surface area contributed by atoms with E-state index in [1.54, 1.807) is 25.5 Å². The van der Waals surface area contributed by atoms with E-state index >= 15 is 0 Å². The van der Waals surface area contributed by atoms with Crippen LogP contribution in [-0.2, 0) is 6.54 Å². The van der Waals surface area contributed by atoms with E-state index in [-0.39, 0.29) is 17.9 Å². The lowest BCUT2D eigenvalue weighted by Gasteiger charge is -2.33. The lowest BCUT2D eigenvalue weighted by atomic mass is 10.2. The van der Waals surface area contributed by atoms with Crippen molar-refractivity contribution in [1.29, 1.82) is 0 Å². The van der Waals surface area contributed by atoms with Crippen LogP contribution in [-0.4, -0.2) is 57.1 Å². The number of hydrogen-bond acceptors (Lipinski definition) is 8. The lowest BCUT2D eigenvalue weighted by molar-refractivity contribution is 0.254. The Morgan fingerprint density at radius 3 is 2.81 bits per heavy atom. The van der Waals surface area contributed by atoms with Crippen molar-refractivity contribution < 1.29 is 0 Å². The zero-order valence-corrected chi connectivity index (χ0v) is 17.9. The third-order valence-electron chi connectivity index (χ3n) is 5.17. The van der Waals surface area contributed by atoms with Crippen LogP contribution < -0.4 is 21.5 Å². The van der Waals surface area contributed by atoms with Crippen LogP contribution in [0.15, 0.2) is 41.6 Å². The van der Waals surface area contributed by atoms with E-state index in [2.05, 4.69) is 37.1 Å². The van der Waals surface area contributed by atoms with Crippen molar-refractivity contribution in [2.75, 3.05) is 30.4 Å². The van der Waals surface area contributed by atoms with Gasteiger partial charge in [-0.2, -0.15) is 5.10 Å². The van der Waals surface area contributed by atoms with E-state index < -0.39 is 0 Å². The molecule has 3 aromatic rings. The van der Waals surface area contributed by atoms with Gasteiger partial charge in [0.1, 0.15) is 5.69 Å². The maximum absolute atomic E-state index is 13.4. The number of nitrogens with one attached hydrogen (secondary N) is 1. The predicted octanol–water partition coefficient (Wildman–Crippen LogP) is 1.05. The molecule has 0 radical (unpaired) electrons. The molecule has 0 bridgehead atoms. The predicted molar refractivity (Wildman–Crippen MR) is 122 cm³/mol. The molecule has 1 aliphatic rings. The first-order chi connectivity index (χ1) is 15.0. The number of benzene rings is 1. The van der Waals surface area contributed by atoms with Crippen molar-refractivity contribution in [1.82, 2.24) is 24.6 Å². The summed E-state index contributed by atoms with van der Waals surface area (Å²) < 4.78 is 1.47. The molecule has 31 heavy (non-hydrogen) atoms. The molecule has 2 aromatic heterocycles. The van der Waals surface area contributed by atoms with Gasteiger partial charge in [-0.3, -0.25) is 19.7 Å². The summed E-state index contributed by atoms with van der Waals surface area (Å²) in [5.41, 5.74) is 9.62. The second-order valence-electron chi connectivity index (χ2n) is 7.74. The first-order valence-electron chi connectivity index (χ1n) is 10.2. The van der Waals surface area contributed by atoms with Gasteiger partial charge in [-0.05, 0) is 38.6 Å². The minimum Gasteiger partial charge on any atom is -0.350 e. The SMILES string of the molecule is CC#CCN1c2c(cnn(Cc3ccc4nccnc4c3)c2=O)NC1N(C)CC(C)N. The van der Waals surface area contributed by atoms with Gasteiger partial charge < -0.3 is 16.0 Å². The van der Waals surface area contributed by atoms with Crippen LogP contribution in [0.25, 0.3) is 11.0 Å². The summed E-state index contributed by atoms with van der Waals surface area (Å²) in [4.78, 5) is 26.1. The number of likely N-dealkylation sites (N-methyl/N-ethyl adjacent to an activating group) is 1. The highest BCUT2D eigenvalue weighted by molar-refractivity contribution is 5.75. The summed E-state index contributed by atoms with van der Waals surface area (Å²) >= 11 is 0. The molecule has 9 nitrogen and oxygen atoms in total. The fourth-order valence-electron chi connectivity index (χ4n) is 3.83. The van der Waals surface area contributed by atoms with Gasteiger partial charge in [0.2, 0.25) is 0 Å². The third-order valence-corrected chi connectivity index (χ3v) is 5.17. The lowest BCUT2D eigenvalue weighted by Crippen LogP contribution is -2.52. The highest BCUT2D eigenvalue weighted by Crippen LogP contribution is 2.31. The molecule has 4 rings (SSSR count). The first-order valence-corrected chi connectivity index (χ1v) is 10.2. The minimum atomic E-state index is -0.219. The molecular weight excluding hydrogens is 392 g/mol. The summed E-state index contributed by atoms with van der Waals surface area (Å²) in [5.74, 6) is 6.00. The highest BCUT2D eigenvalue weighted by Gasteiger charge is 2.34. The molecule has 1 aromatic carbocycles. The molecule has 160 valence electrons. The molecule has 0 spiro atoms. The Labute approximate surface area is 180 Å². The van der Waals surface area contributed by atoms with Crippen LogP contribution in [0, 0.1) is 11.8 Å². The van der Waals surface area contributed by atoms with Gasteiger partial charge in [-0.15, -0.1) is 5.92 Å². The van der Waals surface area contributed by atoms with Gasteiger partial charge in [-0.1, -0.05) is 12.0 Å². The molecule has 0 saturated carbocycles. The fourth-order valence-corrected chi connectivity index (χ4v) is 3.83. The average molecular weight is 419 g/mol. The van der Waals surface area contributed by atoms with Crippen molar-refractivity contribution in [2.45, 2.75) is 32.7 Å². The van der Waals surface area contributed by atoms with Crippen molar-refractivity contribution in [3.63, 3.8) is 0 Å². The Hall–Kier alpha value is -3.48. The summed E-state index contributed by atoms with van der Waals surface area (Å²) in [5, 5.41) is 7.78. The van der Waals surface area contributed by atoms with Crippen LogP contribution in [0.2, 0.25) is 0 Å². The van der Waals surface area contributed by atoms with Crippen LogP contribution in [0.3, 0.4) is 0 Å². The van der Waals surface area contributed by atoms with Crippen molar-refractivity contribution in [3.05, 3.63) is 52.7 Å². The summed E-state index contributed by atoms with van der Waals surface area (Å²) in [7, 11) is 1.97. The first kappa shape index (κ1) is 20.8. The molecule has 0 aliphatic carbocycles.